The summed E-state index contributed by atoms with van der Waals surface area (Å²) in [6, 6.07) is 7.86. The first-order valence-corrected chi connectivity index (χ1v) is 9.37. The SMILES string of the molecule is COc1cccc2c([NH+]([O-])CCC[N+](C)(C)[O-])c3c([N+](=O)[O-])ccc(OC)c3nc12. The molecule has 0 saturated heterocycles. The molecule has 0 amide bonds. The lowest BCUT2D eigenvalue weighted by molar-refractivity contribution is -0.846. The van der Waals surface area contributed by atoms with E-state index in [9.17, 15) is 20.5 Å². The maximum atomic E-state index is 13.3. The predicted molar refractivity (Wildman–Crippen MR) is 113 cm³/mol. The van der Waals surface area contributed by atoms with Gasteiger partial charge in [-0.15, -0.1) is 0 Å². The summed E-state index contributed by atoms with van der Waals surface area (Å²) in [5.74, 6) is 0.754. The highest BCUT2D eigenvalue weighted by molar-refractivity contribution is 6.11. The zero-order valence-electron chi connectivity index (χ0n) is 17.3. The van der Waals surface area contributed by atoms with Crippen LogP contribution in [0.5, 0.6) is 11.5 Å². The zero-order chi connectivity index (χ0) is 22.1. The van der Waals surface area contributed by atoms with Crippen LogP contribution in [0.15, 0.2) is 30.3 Å². The quantitative estimate of drug-likeness (QED) is 0.258. The minimum absolute atomic E-state index is 0.0731. The summed E-state index contributed by atoms with van der Waals surface area (Å²) in [5, 5.41) is 37.2. The molecule has 160 valence electrons. The highest BCUT2D eigenvalue weighted by Crippen LogP contribution is 2.40. The molecule has 1 unspecified atom stereocenters. The Hall–Kier alpha value is -3.05. The number of methoxy groups -OCH3 is 2. The van der Waals surface area contributed by atoms with Crippen molar-refractivity contribution in [2.75, 3.05) is 41.4 Å². The number of hydrogen-bond donors (Lipinski definition) is 1. The summed E-state index contributed by atoms with van der Waals surface area (Å²) in [4.78, 5) is 15.8. The van der Waals surface area contributed by atoms with Gasteiger partial charge in [0.25, 0.3) is 5.69 Å². The van der Waals surface area contributed by atoms with Crippen LogP contribution in [0.25, 0.3) is 21.8 Å². The monoisotopic (exact) mass is 416 g/mol. The fourth-order valence-electron chi connectivity index (χ4n) is 3.52. The minimum Gasteiger partial charge on any atom is -0.633 e. The number of para-hydroxylation sites is 1. The molecule has 0 bridgehead atoms. The molecule has 0 saturated carbocycles. The van der Waals surface area contributed by atoms with E-state index in [0.717, 1.165) is 0 Å². The molecule has 1 atom stereocenters. The summed E-state index contributed by atoms with van der Waals surface area (Å²) >= 11 is 0. The zero-order valence-corrected chi connectivity index (χ0v) is 17.3. The third kappa shape index (κ3) is 4.12. The molecule has 3 aromatic rings. The molecule has 3 rings (SSSR count). The molecular formula is C20H24N4O6. The molecule has 1 heterocycles. The Morgan fingerprint density at radius 2 is 1.77 bits per heavy atom. The molecular weight excluding hydrogens is 392 g/mol. The first-order valence-electron chi connectivity index (χ1n) is 9.37. The highest BCUT2D eigenvalue weighted by Gasteiger charge is 2.27. The molecule has 2 aromatic carbocycles. The Kier molecular flexibility index (Phi) is 6.04. The van der Waals surface area contributed by atoms with Crippen molar-refractivity contribution in [1.82, 2.24) is 4.98 Å². The smallest absolute Gasteiger partial charge is 0.285 e. The number of benzene rings is 2. The fraction of sp³-hybridized carbons (Fsp3) is 0.350. The van der Waals surface area contributed by atoms with E-state index >= 15 is 0 Å². The van der Waals surface area contributed by atoms with Gasteiger partial charge < -0.3 is 29.6 Å². The molecule has 10 nitrogen and oxygen atoms in total. The number of hydrogen-bond acceptors (Lipinski definition) is 7. The summed E-state index contributed by atoms with van der Waals surface area (Å²) in [6.45, 7) is 0.325. The van der Waals surface area contributed by atoms with E-state index < -0.39 is 9.57 Å². The van der Waals surface area contributed by atoms with Crippen LogP contribution in [0.1, 0.15) is 6.42 Å². The van der Waals surface area contributed by atoms with Gasteiger partial charge in [-0.25, -0.2) is 4.98 Å². The number of aromatic nitrogens is 1. The Bertz CT molecular complexity index is 1100. The molecule has 30 heavy (non-hydrogen) atoms. The van der Waals surface area contributed by atoms with E-state index in [2.05, 4.69) is 4.98 Å². The van der Waals surface area contributed by atoms with E-state index in [-0.39, 0.29) is 40.4 Å². The number of rotatable bonds is 8. The molecule has 0 aliphatic carbocycles. The number of nitro groups is 1. The van der Waals surface area contributed by atoms with Crippen molar-refractivity contribution in [3.05, 3.63) is 50.9 Å². The lowest BCUT2D eigenvalue weighted by Crippen LogP contribution is -3.02. The van der Waals surface area contributed by atoms with Crippen LogP contribution in [0, 0.1) is 20.5 Å². The van der Waals surface area contributed by atoms with Crippen LogP contribution in [0.4, 0.5) is 11.4 Å². The standard InChI is InChI=1S/C20H24N4O6/c1-24(2,28)12-6-11-22(25)20-13-7-5-8-15(29-3)18(13)21-19-16(30-4)10-9-14(17(19)20)23(26)27/h5,7-10,22H,6,11-12H2,1-4H3. The lowest BCUT2D eigenvalue weighted by atomic mass is 10.0. The van der Waals surface area contributed by atoms with Crippen LogP contribution in [0.3, 0.4) is 0 Å². The normalized spacial score (nSPS) is 12.9. The molecule has 1 N–H and O–H groups in total. The summed E-state index contributed by atoms with van der Waals surface area (Å²) in [5.41, 5.74) is 0.587. The molecule has 0 fully saturated rings. The minimum atomic E-state index is -0.538. The van der Waals surface area contributed by atoms with Crippen molar-refractivity contribution < 1.29 is 24.1 Å². The first-order chi connectivity index (χ1) is 14.2. The van der Waals surface area contributed by atoms with Gasteiger partial charge in [-0.2, -0.15) is 0 Å². The summed E-state index contributed by atoms with van der Waals surface area (Å²) in [7, 11) is 5.93. The second-order valence-corrected chi connectivity index (χ2v) is 7.44. The van der Waals surface area contributed by atoms with Crippen LogP contribution < -0.4 is 14.5 Å². The molecule has 0 aliphatic heterocycles. The van der Waals surface area contributed by atoms with Crippen LogP contribution >= 0.6 is 0 Å². The summed E-state index contributed by atoms with van der Waals surface area (Å²) in [6.07, 6.45) is 0.350. The third-order valence-corrected chi connectivity index (χ3v) is 4.88. The number of non-ortho nitro benzene ring substituents is 1. The first kappa shape index (κ1) is 21.7. The van der Waals surface area contributed by atoms with Gasteiger partial charge in [0.2, 0.25) is 0 Å². The van der Waals surface area contributed by atoms with Gasteiger partial charge in [0.15, 0.2) is 5.69 Å². The van der Waals surface area contributed by atoms with Gasteiger partial charge in [0.1, 0.15) is 27.9 Å². The van der Waals surface area contributed by atoms with E-state index in [1.807, 2.05) is 0 Å². The number of ether oxygens (including phenoxy) is 2. The molecule has 0 radical (unpaired) electrons. The van der Waals surface area contributed by atoms with E-state index in [4.69, 9.17) is 9.47 Å². The van der Waals surface area contributed by atoms with Crippen molar-refractivity contribution >= 4 is 33.2 Å². The maximum absolute atomic E-state index is 13.3. The van der Waals surface area contributed by atoms with Gasteiger partial charge in [0.05, 0.1) is 51.7 Å². The Labute approximate surface area is 173 Å². The number of nitrogens with one attached hydrogen (secondary N) is 1. The van der Waals surface area contributed by atoms with Crippen molar-refractivity contribution in [3.8, 4) is 11.5 Å². The van der Waals surface area contributed by atoms with Crippen molar-refractivity contribution in [2.45, 2.75) is 6.42 Å². The Morgan fingerprint density at radius 1 is 1.10 bits per heavy atom. The van der Waals surface area contributed by atoms with Crippen LogP contribution in [-0.2, 0) is 0 Å². The van der Waals surface area contributed by atoms with Crippen molar-refractivity contribution in [2.24, 2.45) is 0 Å². The number of nitrogens with zero attached hydrogens (tertiary/aromatic N) is 3. The van der Waals surface area contributed by atoms with Gasteiger partial charge in [-0.05, 0) is 18.2 Å². The number of pyridine rings is 1. The van der Waals surface area contributed by atoms with Crippen LogP contribution in [-0.4, -0.2) is 56.0 Å². The number of hydroxylamine groups is 4. The topological polar surface area (TPSA) is 125 Å². The third-order valence-electron chi connectivity index (χ3n) is 4.88. The molecule has 10 heteroatoms. The number of nitro benzene ring substituents is 1. The number of quaternary nitrogens is 2. The van der Waals surface area contributed by atoms with E-state index in [0.29, 0.717) is 28.8 Å². The lowest BCUT2D eigenvalue weighted by Gasteiger charge is -2.34. The van der Waals surface area contributed by atoms with Gasteiger partial charge in [-0.1, -0.05) is 6.07 Å². The highest BCUT2D eigenvalue weighted by atomic mass is 16.6. The molecule has 0 spiro atoms. The van der Waals surface area contributed by atoms with Gasteiger partial charge in [-0.3, -0.25) is 10.1 Å². The van der Waals surface area contributed by atoms with E-state index in [1.165, 1.54) is 40.4 Å². The van der Waals surface area contributed by atoms with Gasteiger partial charge >= 0.3 is 0 Å². The van der Waals surface area contributed by atoms with Crippen LogP contribution in [0.2, 0.25) is 0 Å². The average Bonchev–Trinajstić information content (AvgIpc) is 2.69. The second-order valence-electron chi connectivity index (χ2n) is 7.44. The van der Waals surface area contributed by atoms with E-state index in [1.54, 1.807) is 18.2 Å². The number of fused-ring (bicyclic) bond motifs is 2. The van der Waals surface area contributed by atoms with Crippen molar-refractivity contribution in [3.63, 3.8) is 0 Å². The second kappa shape index (κ2) is 8.36. The van der Waals surface area contributed by atoms with Crippen molar-refractivity contribution in [1.29, 1.82) is 0 Å². The average molecular weight is 416 g/mol. The summed E-state index contributed by atoms with van der Waals surface area (Å²) < 4.78 is 10.2. The molecule has 0 aliphatic rings. The predicted octanol–water partition coefficient (Wildman–Crippen LogP) is 2.29. The largest absolute Gasteiger partial charge is 0.633 e. The fourth-order valence-corrected chi connectivity index (χ4v) is 3.52. The van der Waals surface area contributed by atoms with Gasteiger partial charge in [0, 0.05) is 12.5 Å². The molecule has 1 aromatic heterocycles. The Morgan fingerprint density at radius 3 is 2.37 bits per heavy atom. The Balaban J connectivity index is 2.33. The maximum Gasteiger partial charge on any atom is 0.285 e.